The van der Waals surface area contributed by atoms with Gasteiger partial charge in [0.1, 0.15) is 12.0 Å². The molecule has 0 saturated carbocycles. The van der Waals surface area contributed by atoms with E-state index in [4.69, 9.17) is 5.73 Å². The lowest BCUT2D eigenvalue weighted by Gasteiger charge is -2.36. The molecule has 0 atom stereocenters. The Balaban J connectivity index is 1.42. The molecule has 0 bridgehead atoms. The summed E-state index contributed by atoms with van der Waals surface area (Å²) in [4.78, 5) is 13.5. The van der Waals surface area contributed by atoms with Crippen molar-refractivity contribution in [2.24, 2.45) is 0 Å². The summed E-state index contributed by atoms with van der Waals surface area (Å²) >= 11 is 0. The zero-order chi connectivity index (χ0) is 19.3. The molecular weight excluding hydrogens is 348 g/mol. The van der Waals surface area contributed by atoms with Crippen molar-refractivity contribution >= 4 is 23.0 Å². The van der Waals surface area contributed by atoms with Crippen LogP contribution in [0.2, 0.25) is 0 Å². The van der Waals surface area contributed by atoms with Crippen LogP contribution in [0, 0.1) is 6.92 Å². The molecule has 1 fully saturated rings. The molecule has 0 spiro atoms. The van der Waals surface area contributed by atoms with Crippen molar-refractivity contribution in [1.29, 1.82) is 0 Å². The number of anilines is 4. The molecule has 2 heterocycles. The van der Waals surface area contributed by atoms with Gasteiger partial charge in [-0.1, -0.05) is 42.5 Å². The molecule has 6 nitrogen and oxygen atoms in total. The largest absolute Gasteiger partial charge is 0.393 e. The molecule has 144 valence electrons. The van der Waals surface area contributed by atoms with Gasteiger partial charge in [0.05, 0.1) is 0 Å². The highest BCUT2D eigenvalue weighted by Gasteiger charge is 2.21. The van der Waals surface area contributed by atoms with E-state index in [9.17, 15) is 0 Å². The number of aromatic nitrogens is 2. The molecular formula is C22H26N6. The fourth-order valence-corrected chi connectivity index (χ4v) is 3.56. The molecule has 1 aromatic heterocycles. The van der Waals surface area contributed by atoms with E-state index in [0.717, 1.165) is 44.2 Å². The van der Waals surface area contributed by atoms with Gasteiger partial charge in [0.2, 0.25) is 0 Å². The van der Waals surface area contributed by atoms with Crippen LogP contribution in [-0.2, 0) is 6.54 Å². The monoisotopic (exact) mass is 374 g/mol. The molecule has 6 heteroatoms. The van der Waals surface area contributed by atoms with Crippen LogP contribution >= 0.6 is 0 Å². The van der Waals surface area contributed by atoms with Gasteiger partial charge < -0.3 is 16.0 Å². The minimum atomic E-state index is 0.598. The van der Waals surface area contributed by atoms with Gasteiger partial charge in [0, 0.05) is 38.4 Å². The van der Waals surface area contributed by atoms with Crippen molar-refractivity contribution < 1.29 is 0 Å². The van der Waals surface area contributed by atoms with Gasteiger partial charge in [0.15, 0.2) is 11.6 Å². The molecule has 1 aliphatic rings. The van der Waals surface area contributed by atoms with Crippen LogP contribution in [0.25, 0.3) is 0 Å². The van der Waals surface area contributed by atoms with Crippen LogP contribution in [0.5, 0.6) is 0 Å². The Morgan fingerprint density at radius 2 is 1.75 bits per heavy atom. The molecule has 0 amide bonds. The number of aryl methyl sites for hydroxylation is 1. The summed E-state index contributed by atoms with van der Waals surface area (Å²) < 4.78 is 0. The highest BCUT2D eigenvalue weighted by atomic mass is 15.3. The van der Waals surface area contributed by atoms with Crippen LogP contribution in [-0.4, -0.2) is 41.0 Å². The van der Waals surface area contributed by atoms with Gasteiger partial charge in [-0.25, -0.2) is 9.97 Å². The summed E-state index contributed by atoms with van der Waals surface area (Å²) in [7, 11) is 0. The Morgan fingerprint density at radius 1 is 0.964 bits per heavy atom. The minimum Gasteiger partial charge on any atom is -0.393 e. The molecule has 4 rings (SSSR count). The summed E-state index contributed by atoms with van der Waals surface area (Å²) in [5.41, 5.74) is 10.5. The lowest BCUT2D eigenvalue weighted by atomic mass is 10.2. The van der Waals surface area contributed by atoms with Crippen LogP contribution in [0.1, 0.15) is 11.1 Å². The smallest absolute Gasteiger partial charge is 0.159 e. The van der Waals surface area contributed by atoms with E-state index in [-0.39, 0.29) is 0 Å². The lowest BCUT2D eigenvalue weighted by Crippen LogP contribution is -2.46. The maximum Gasteiger partial charge on any atom is 0.159 e. The average molecular weight is 374 g/mol. The third kappa shape index (κ3) is 4.23. The van der Waals surface area contributed by atoms with Crippen LogP contribution in [0.15, 0.2) is 60.9 Å². The zero-order valence-corrected chi connectivity index (χ0v) is 16.2. The Morgan fingerprint density at radius 3 is 2.50 bits per heavy atom. The normalized spacial score (nSPS) is 14.8. The van der Waals surface area contributed by atoms with Crippen LogP contribution in [0.4, 0.5) is 23.0 Å². The van der Waals surface area contributed by atoms with Crippen LogP contribution < -0.4 is 16.0 Å². The molecule has 28 heavy (non-hydrogen) atoms. The number of hydrogen-bond acceptors (Lipinski definition) is 6. The predicted octanol–water partition coefficient (Wildman–Crippen LogP) is 3.43. The highest BCUT2D eigenvalue weighted by molar-refractivity contribution is 5.78. The first-order chi connectivity index (χ1) is 13.7. The fourth-order valence-electron chi connectivity index (χ4n) is 3.56. The number of nitrogen functional groups attached to an aromatic ring is 1. The van der Waals surface area contributed by atoms with Gasteiger partial charge in [-0.3, -0.25) is 4.90 Å². The molecule has 0 aliphatic carbocycles. The van der Waals surface area contributed by atoms with E-state index in [0.29, 0.717) is 11.5 Å². The minimum absolute atomic E-state index is 0.598. The SMILES string of the molecule is Cc1cccc(Nc2ncnc(N3CCN(Cc4ccccc4)CC3)c2N)c1. The quantitative estimate of drug-likeness (QED) is 0.713. The Labute approximate surface area is 166 Å². The van der Waals surface area contributed by atoms with Crippen molar-refractivity contribution in [2.45, 2.75) is 13.5 Å². The molecule has 3 aromatic rings. The highest BCUT2D eigenvalue weighted by Crippen LogP contribution is 2.29. The first-order valence-corrected chi connectivity index (χ1v) is 9.64. The summed E-state index contributed by atoms with van der Waals surface area (Å²) in [5.74, 6) is 1.46. The summed E-state index contributed by atoms with van der Waals surface area (Å²) in [5, 5.41) is 3.32. The zero-order valence-electron chi connectivity index (χ0n) is 16.2. The number of rotatable bonds is 5. The van der Waals surface area contributed by atoms with Crippen LogP contribution in [0.3, 0.4) is 0 Å². The van der Waals surface area contributed by atoms with Crippen molar-refractivity contribution in [3.63, 3.8) is 0 Å². The van der Waals surface area contributed by atoms with Gasteiger partial charge in [-0.15, -0.1) is 0 Å². The first kappa shape index (κ1) is 18.3. The number of benzene rings is 2. The second-order valence-corrected chi connectivity index (χ2v) is 7.20. The van der Waals surface area contributed by atoms with E-state index in [1.165, 1.54) is 11.1 Å². The van der Waals surface area contributed by atoms with Crippen molar-refractivity contribution in [1.82, 2.24) is 14.9 Å². The van der Waals surface area contributed by atoms with Crippen molar-refractivity contribution in [3.05, 3.63) is 72.1 Å². The van der Waals surface area contributed by atoms with Crippen molar-refractivity contribution in [2.75, 3.05) is 42.1 Å². The molecule has 0 radical (unpaired) electrons. The lowest BCUT2D eigenvalue weighted by molar-refractivity contribution is 0.249. The van der Waals surface area contributed by atoms with Gasteiger partial charge >= 0.3 is 0 Å². The van der Waals surface area contributed by atoms with E-state index >= 15 is 0 Å². The van der Waals surface area contributed by atoms with Gasteiger partial charge in [0.25, 0.3) is 0 Å². The number of nitrogens with zero attached hydrogens (tertiary/aromatic N) is 4. The average Bonchev–Trinajstić information content (AvgIpc) is 2.71. The summed E-state index contributed by atoms with van der Waals surface area (Å²) in [6, 6.07) is 18.8. The van der Waals surface area contributed by atoms with E-state index in [1.54, 1.807) is 6.33 Å². The third-order valence-corrected chi connectivity index (χ3v) is 5.06. The van der Waals surface area contributed by atoms with Crippen molar-refractivity contribution in [3.8, 4) is 0 Å². The Hall–Kier alpha value is -3.12. The topological polar surface area (TPSA) is 70.3 Å². The Bertz CT molecular complexity index is 919. The second kappa shape index (κ2) is 8.27. The fraction of sp³-hybridized carbons (Fsp3) is 0.273. The molecule has 1 aliphatic heterocycles. The molecule has 2 aromatic carbocycles. The van der Waals surface area contributed by atoms with Gasteiger partial charge in [-0.2, -0.15) is 0 Å². The standard InChI is InChI=1S/C22H26N6/c1-17-6-5-9-19(14-17)26-21-20(23)22(25-16-24-21)28-12-10-27(11-13-28)15-18-7-3-2-4-8-18/h2-9,14,16H,10-13,15,23H2,1H3,(H,24,25,26). The first-order valence-electron chi connectivity index (χ1n) is 9.64. The van der Waals surface area contributed by atoms with Gasteiger partial charge in [-0.05, 0) is 30.2 Å². The molecule has 0 unspecified atom stereocenters. The molecule has 1 saturated heterocycles. The maximum atomic E-state index is 6.42. The van der Waals surface area contributed by atoms with E-state index < -0.39 is 0 Å². The van der Waals surface area contributed by atoms with E-state index in [2.05, 4.69) is 74.5 Å². The maximum absolute atomic E-state index is 6.42. The van der Waals surface area contributed by atoms with E-state index in [1.807, 2.05) is 12.1 Å². The number of nitrogens with one attached hydrogen (secondary N) is 1. The molecule has 3 N–H and O–H groups in total. The summed E-state index contributed by atoms with van der Waals surface area (Å²) in [6.07, 6.45) is 1.58. The third-order valence-electron chi connectivity index (χ3n) is 5.06. The number of piperazine rings is 1. The summed E-state index contributed by atoms with van der Waals surface area (Å²) in [6.45, 7) is 6.82. The number of nitrogens with two attached hydrogens (primary N) is 1. The second-order valence-electron chi connectivity index (χ2n) is 7.20. The Kier molecular flexibility index (Phi) is 5.39. The number of hydrogen-bond donors (Lipinski definition) is 2. The predicted molar refractivity (Wildman–Crippen MR) is 115 cm³/mol.